The lowest BCUT2D eigenvalue weighted by molar-refractivity contribution is 0.304. The minimum Gasteiger partial charge on any atom is -0.494 e. The van der Waals surface area contributed by atoms with Crippen molar-refractivity contribution in [2.24, 2.45) is 0 Å². The number of unbranched alkanes of at least 4 members (excludes halogenated alkanes) is 6. The molecule has 0 radical (unpaired) electrons. The van der Waals surface area contributed by atoms with Crippen LogP contribution in [0.15, 0.2) is 24.3 Å². The van der Waals surface area contributed by atoms with Crippen LogP contribution in [0.1, 0.15) is 50.5 Å². The van der Waals surface area contributed by atoms with Gasteiger partial charge in [0.1, 0.15) is 5.75 Å². The van der Waals surface area contributed by atoms with Crippen LogP contribution in [0.3, 0.4) is 0 Å². The molecule has 3 heteroatoms. The van der Waals surface area contributed by atoms with Gasteiger partial charge in [-0.15, -0.1) is 0 Å². The minimum atomic E-state index is 0.842. The molecule has 0 aromatic heterocycles. The lowest BCUT2D eigenvalue weighted by Crippen LogP contribution is -1.97. The molecule has 0 saturated heterocycles. The molecule has 0 aliphatic rings. The molecular weight excluding hydrogens is 368 g/mol. The Morgan fingerprint density at radius 1 is 0.737 bits per heavy atom. The highest BCUT2D eigenvalue weighted by Crippen LogP contribution is 2.15. The molecule has 0 amide bonds. The van der Waals surface area contributed by atoms with E-state index in [1.54, 1.807) is 0 Å². The number of ether oxygens (including phenoxy) is 1. The van der Waals surface area contributed by atoms with E-state index in [0.29, 0.717) is 0 Å². The van der Waals surface area contributed by atoms with Gasteiger partial charge in [-0.05, 0) is 30.5 Å². The van der Waals surface area contributed by atoms with Crippen molar-refractivity contribution in [3.8, 4) is 5.75 Å². The summed E-state index contributed by atoms with van der Waals surface area (Å²) in [6.07, 6.45) is 9.21. The Morgan fingerprint density at radius 2 is 1.32 bits per heavy atom. The molecule has 0 atom stereocenters. The van der Waals surface area contributed by atoms with E-state index in [-0.39, 0.29) is 0 Å². The van der Waals surface area contributed by atoms with Gasteiger partial charge in [0.05, 0.1) is 6.61 Å². The minimum absolute atomic E-state index is 0.842. The molecule has 19 heavy (non-hydrogen) atoms. The first-order valence-electron chi connectivity index (χ1n) is 7.20. The molecule has 0 spiro atoms. The van der Waals surface area contributed by atoms with Gasteiger partial charge in [-0.25, -0.2) is 0 Å². The van der Waals surface area contributed by atoms with Crippen molar-refractivity contribution in [1.29, 1.82) is 0 Å². The average Bonchev–Trinajstić information content (AvgIpc) is 2.46. The second-order valence-corrected chi connectivity index (χ2v) is 6.14. The van der Waals surface area contributed by atoms with Gasteiger partial charge in [0.25, 0.3) is 0 Å². The number of hydrogen-bond donors (Lipinski definition) is 0. The van der Waals surface area contributed by atoms with Gasteiger partial charge >= 0.3 is 0 Å². The molecule has 0 aliphatic heterocycles. The smallest absolute Gasteiger partial charge is 0.119 e. The van der Waals surface area contributed by atoms with E-state index in [4.69, 9.17) is 4.74 Å². The third-order valence-electron chi connectivity index (χ3n) is 3.12. The van der Waals surface area contributed by atoms with Gasteiger partial charge in [0.2, 0.25) is 0 Å². The van der Waals surface area contributed by atoms with Gasteiger partial charge in [0, 0.05) is 10.7 Å². The van der Waals surface area contributed by atoms with E-state index >= 15 is 0 Å². The summed E-state index contributed by atoms with van der Waals surface area (Å²) in [5.74, 6) is 0.988. The third-order valence-corrected chi connectivity index (χ3v) is 4.33. The van der Waals surface area contributed by atoms with Gasteiger partial charge < -0.3 is 4.74 Å². The molecule has 0 bridgehead atoms. The first-order chi connectivity index (χ1) is 9.36. The van der Waals surface area contributed by atoms with Crippen molar-refractivity contribution in [2.45, 2.75) is 50.3 Å². The van der Waals surface area contributed by atoms with Crippen molar-refractivity contribution in [2.75, 3.05) is 11.9 Å². The molecule has 0 N–H and O–H groups in total. The number of hydrogen-bond acceptors (Lipinski definition) is 1. The lowest BCUT2D eigenvalue weighted by atomic mass is 10.1. The third kappa shape index (κ3) is 8.69. The van der Waals surface area contributed by atoms with Crippen LogP contribution in [0.4, 0.5) is 0 Å². The number of halogens is 2. The fourth-order valence-electron chi connectivity index (χ4n) is 1.95. The molecule has 1 rings (SSSR count). The van der Waals surface area contributed by atoms with Crippen molar-refractivity contribution in [3.63, 3.8) is 0 Å². The van der Waals surface area contributed by atoms with E-state index in [0.717, 1.165) is 23.0 Å². The maximum absolute atomic E-state index is 5.73. The highest BCUT2D eigenvalue weighted by Gasteiger charge is 1.95. The van der Waals surface area contributed by atoms with Crippen LogP contribution in [-0.2, 0) is 5.33 Å². The summed E-state index contributed by atoms with van der Waals surface area (Å²) in [4.78, 5) is 0. The fourth-order valence-corrected chi connectivity index (χ4v) is 2.72. The molecule has 108 valence electrons. The van der Waals surface area contributed by atoms with Crippen molar-refractivity contribution >= 4 is 31.9 Å². The van der Waals surface area contributed by atoms with Crippen LogP contribution in [0.5, 0.6) is 5.75 Å². The quantitative estimate of drug-likeness (QED) is 0.327. The van der Waals surface area contributed by atoms with E-state index in [9.17, 15) is 0 Å². The number of benzene rings is 1. The Labute approximate surface area is 134 Å². The van der Waals surface area contributed by atoms with Crippen LogP contribution in [0.25, 0.3) is 0 Å². The Morgan fingerprint density at radius 3 is 1.89 bits per heavy atom. The molecule has 0 saturated carbocycles. The van der Waals surface area contributed by atoms with E-state index in [1.165, 1.54) is 50.5 Å². The van der Waals surface area contributed by atoms with Crippen molar-refractivity contribution in [3.05, 3.63) is 29.8 Å². The zero-order chi connectivity index (χ0) is 13.8. The normalized spacial score (nSPS) is 10.6. The molecule has 0 heterocycles. The summed E-state index contributed by atoms with van der Waals surface area (Å²) in [6.45, 7) is 0.842. The van der Waals surface area contributed by atoms with E-state index in [2.05, 4.69) is 56.1 Å². The molecule has 0 aliphatic carbocycles. The second-order valence-electron chi connectivity index (χ2n) is 4.79. The van der Waals surface area contributed by atoms with E-state index in [1.807, 2.05) is 0 Å². The maximum Gasteiger partial charge on any atom is 0.119 e. The summed E-state index contributed by atoms with van der Waals surface area (Å²) in [6, 6.07) is 8.32. The van der Waals surface area contributed by atoms with Crippen LogP contribution in [-0.4, -0.2) is 11.9 Å². The van der Waals surface area contributed by atoms with Gasteiger partial charge in [-0.1, -0.05) is 76.1 Å². The first-order valence-corrected chi connectivity index (χ1v) is 9.45. The van der Waals surface area contributed by atoms with Crippen molar-refractivity contribution in [1.82, 2.24) is 0 Å². The van der Waals surface area contributed by atoms with Gasteiger partial charge in [0.15, 0.2) is 0 Å². The zero-order valence-electron chi connectivity index (χ0n) is 11.5. The Hall–Kier alpha value is -0.0200. The second kappa shape index (κ2) is 11.8. The zero-order valence-corrected chi connectivity index (χ0v) is 14.7. The molecular formula is C16H24Br2O. The van der Waals surface area contributed by atoms with Gasteiger partial charge in [-0.2, -0.15) is 0 Å². The van der Waals surface area contributed by atoms with Gasteiger partial charge in [-0.3, -0.25) is 0 Å². The Kier molecular flexibility index (Phi) is 10.6. The maximum atomic E-state index is 5.73. The van der Waals surface area contributed by atoms with Crippen LogP contribution in [0, 0.1) is 0 Å². The predicted octanol–water partition coefficient (Wildman–Crippen LogP) is 6.09. The van der Waals surface area contributed by atoms with Crippen LogP contribution in [0.2, 0.25) is 0 Å². The summed E-state index contributed by atoms with van der Waals surface area (Å²) in [5, 5.41) is 2.05. The Balaban J connectivity index is 1.95. The molecule has 1 aromatic rings. The fraction of sp³-hybridized carbons (Fsp3) is 0.625. The predicted molar refractivity (Wildman–Crippen MR) is 90.7 cm³/mol. The van der Waals surface area contributed by atoms with Crippen molar-refractivity contribution < 1.29 is 4.74 Å². The number of alkyl halides is 2. The molecule has 0 unspecified atom stereocenters. The first kappa shape index (κ1) is 17.0. The monoisotopic (exact) mass is 390 g/mol. The summed E-state index contributed by atoms with van der Waals surface area (Å²) >= 11 is 6.91. The number of rotatable bonds is 11. The van der Waals surface area contributed by atoms with E-state index < -0.39 is 0 Å². The summed E-state index contributed by atoms with van der Waals surface area (Å²) < 4.78 is 5.73. The molecule has 1 aromatic carbocycles. The molecule has 0 fully saturated rings. The average molecular weight is 392 g/mol. The highest BCUT2D eigenvalue weighted by atomic mass is 79.9. The van der Waals surface area contributed by atoms with Crippen LogP contribution < -0.4 is 4.74 Å². The Bertz CT molecular complexity index is 311. The summed E-state index contributed by atoms with van der Waals surface area (Å²) in [5.41, 5.74) is 1.29. The highest BCUT2D eigenvalue weighted by molar-refractivity contribution is 9.09. The van der Waals surface area contributed by atoms with Crippen LogP contribution >= 0.6 is 31.9 Å². The molecule has 1 nitrogen and oxygen atoms in total. The topological polar surface area (TPSA) is 9.23 Å². The lowest BCUT2D eigenvalue weighted by Gasteiger charge is -2.06. The summed E-state index contributed by atoms with van der Waals surface area (Å²) in [7, 11) is 0. The largest absolute Gasteiger partial charge is 0.494 e. The standard InChI is InChI=1S/C16H24Br2O/c17-12-6-4-2-1-3-5-7-13-19-16-10-8-15(14-18)9-11-16/h8-11H,1-7,12-14H2. The SMILES string of the molecule is BrCCCCCCCCCOc1ccc(CBr)cc1.